The van der Waals surface area contributed by atoms with Crippen LogP contribution in [0.2, 0.25) is 0 Å². The second-order valence-electron chi connectivity index (χ2n) is 11.5. The molecule has 0 spiro atoms. The predicted octanol–water partition coefficient (Wildman–Crippen LogP) is 7.83. The van der Waals surface area contributed by atoms with Gasteiger partial charge in [-0.2, -0.15) is 18.4 Å². The van der Waals surface area contributed by atoms with E-state index in [1.54, 1.807) is 35.6 Å². The van der Waals surface area contributed by atoms with Crippen LogP contribution in [0.1, 0.15) is 41.3 Å². The second-order valence-corrected chi connectivity index (χ2v) is 11.9. The molecule has 0 radical (unpaired) electrons. The summed E-state index contributed by atoms with van der Waals surface area (Å²) in [6.45, 7) is 2.42. The molecule has 0 bridgehead atoms. The van der Waals surface area contributed by atoms with E-state index in [2.05, 4.69) is 21.7 Å². The second kappa shape index (κ2) is 16.1. The molecule has 0 saturated carbocycles. The van der Waals surface area contributed by atoms with E-state index >= 15 is 0 Å². The topological polar surface area (TPSA) is 86.0 Å². The molecule has 7 nitrogen and oxygen atoms in total. The number of aromatic nitrogens is 2. The van der Waals surface area contributed by atoms with E-state index in [9.17, 15) is 18.0 Å². The van der Waals surface area contributed by atoms with Crippen LogP contribution in [0.25, 0.3) is 11.1 Å². The molecule has 5 rings (SSSR count). The standard InChI is InChI=1S/C38H35F3N6OS/c1-2-31(44-36(48)20-32-22-43-26-47(32)23-28-18-16-27(21-42)17-19-28)25-46(24-30-12-6-8-14-34(30)38(39,40)41)37(49)45-35-15-9-7-13-33(35)29-10-4-3-5-11-29/h3-19,22,26,31H,2,20,23-25H2,1H3,(H,44,48)(H,45,49)/t31-/m0/s1. The first-order chi connectivity index (χ1) is 23.6. The third-order valence-electron chi connectivity index (χ3n) is 8.10. The van der Waals surface area contributed by atoms with Gasteiger partial charge in [-0.25, -0.2) is 4.98 Å². The first kappa shape index (κ1) is 34.9. The van der Waals surface area contributed by atoms with Crippen LogP contribution in [-0.4, -0.2) is 38.1 Å². The number of anilines is 1. The average Bonchev–Trinajstić information content (AvgIpc) is 3.53. The van der Waals surface area contributed by atoms with Gasteiger partial charge in [0.1, 0.15) is 0 Å². The number of amides is 1. The van der Waals surface area contributed by atoms with Crippen molar-refractivity contribution in [2.24, 2.45) is 0 Å². The lowest BCUT2D eigenvalue weighted by Crippen LogP contribution is -2.47. The molecule has 49 heavy (non-hydrogen) atoms. The van der Waals surface area contributed by atoms with Crippen molar-refractivity contribution in [2.75, 3.05) is 11.9 Å². The molecule has 5 aromatic rings. The maximum atomic E-state index is 14.0. The van der Waals surface area contributed by atoms with Crippen LogP contribution < -0.4 is 10.6 Å². The third-order valence-corrected chi connectivity index (χ3v) is 8.46. The Labute approximate surface area is 289 Å². The summed E-state index contributed by atoms with van der Waals surface area (Å²) in [5, 5.41) is 15.6. The Bertz CT molecular complexity index is 1920. The van der Waals surface area contributed by atoms with Crippen molar-refractivity contribution in [3.8, 4) is 17.2 Å². The van der Waals surface area contributed by atoms with Crippen LogP contribution in [0.15, 0.2) is 116 Å². The molecular formula is C38H35F3N6OS. The summed E-state index contributed by atoms with van der Waals surface area (Å²) in [6.07, 6.45) is -0.701. The van der Waals surface area contributed by atoms with Gasteiger partial charge in [0.05, 0.1) is 29.9 Å². The minimum absolute atomic E-state index is 0.0524. The predicted molar refractivity (Wildman–Crippen MR) is 188 cm³/mol. The Balaban J connectivity index is 1.34. The molecule has 1 aromatic heterocycles. The number of imidazole rings is 1. The van der Waals surface area contributed by atoms with Crippen molar-refractivity contribution < 1.29 is 18.0 Å². The molecule has 4 aromatic carbocycles. The minimum atomic E-state index is -4.55. The van der Waals surface area contributed by atoms with Crippen molar-refractivity contribution in [1.29, 1.82) is 5.26 Å². The monoisotopic (exact) mass is 680 g/mol. The van der Waals surface area contributed by atoms with E-state index in [1.165, 1.54) is 12.1 Å². The van der Waals surface area contributed by atoms with Crippen LogP contribution in [0.5, 0.6) is 0 Å². The number of para-hydroxylation sites is 1. The molecule has 250 valence electrons. The van der Waals surface area contributed by atoms with E-state index in [4.69, 9.17) is 17.5 Å². The fourth-order valence-corrected chi connectivity index (χ4v) is 5.77. The molecule has 1 heterocycles. The van der Waals surface area contributed by atoms with Crippen LogP contribution in [0, 0.1) is 11.3 Å². The highest BCUT2D eigenvalue weighted by molar-refractivity contribution is 7.80. The van der Waals surface area contributed by atoms with Gasteiger partial charge in [0.25, 0.3) is 0 Å². The van der Waals surface area contributed by atoms with E-state index in [-0.39, 0.29) is 36.1 Å². The van der Waals surface area contributed by atoms with Gasteiger partial charge in [-0.05, 0) is 59.6 Å². The van der Waals surface area contributed by atoms with Crippen LogP contribution in [-0.2, 0) is 30.5 Å². The summed E-state index contributed by atoms with van der Waals surface area (Å²) >= 11 is 5.86. The number of carbonyl (C=O) groups is 1. The van der Waals surface area contributed by atoms with Crippen LogP contribution in [0.3, 0.4) is 0 Å². The fourth-order valence-electron chi connectivity index (χ4n) is 5.52. The summed E-state index contributed by atoms with van der Waals surface area (Å²) in [7, 11) is 0. The fraction of sp³-hybridized carbons (Fsp3) is 0.211. The zero-order valence-corrected chi connectivity index (χ0v) is 27.6. The number of halogens is 3. The zero-order valence-electron chi connectivity index (χ0n) is 26.8. The summed E-state index contributed by atoms with van der Waals surface area (Å²) in [5.41, 5.74) is 4.10. The van der Waals surface area contributed by atoms with Crippen molar-refractivity contribution in [2.45, 2.75) is 45.1 Å². The van der Waals surface area contributed by atoms with Crippen molar-refractivity contribution >= 4 is 28.9 Å². The number of carbonyl (C=O) groups excluding carboxylic acids is 1. The molecule has 0 saturated heterocycles. The Morgan fingerprint density at radius 2 is 1.67 bits per heavy atom. The van der Waals surface area contributed by atoms with Gasteiger partial charge in [-0.15, -0.1) is 0 Å². The van der Waals surface area contributed by atoms with E-state index in [0.717, 1.165) is 22.8 Å². The van der Waals surface area contributed by atoms with E-state index < -0.39 is 17.8 Å². The molecule has 1 atom stereocenters. The minimum Gasteiger partial charge on any atom is -0.351 e. The Hall–Kier alpha value is -5.47. The maximum Gasteiger partial charge on any atom is 0.416 e. The highest BCUT2D eigenvalue weighted by Gasteiger charge is 2.33. The lowest BCUT2D eigenvalue weighted by atomic mass is 10.0. The third kappa shape index (κ3) is 9.33. The van der Waals surface area contributed by atoms with Gasteiger partial charge in [-0.3, -0.25) is 4.79 Å². The largest absolute Gasteiger partial charge is 0.416 e. The highest BCUT2D eigenvalue weighted by Crippen LogP contribution is 2.33. The zero-order chi connectivity index (χ0) is 34.8. The smallest absolute Gasteiger partial charge is 0.351 e. The lowest BCUT2D eigenvalue weighted by Gasteiger charge is -2.31. The van der Waals surface area contributed by atoms with Gasteiger partial charge < -0.3 is 20.1 Å². The normalized spacial score (nSPS) is 11.7. The molecule has 0 fully saturated rings. The number of nitrogens with zero attached hydrogens (tertiary/aromatic N) is 4. The summed E-state index contributed by atoms with van der Waals surface area (Å²) < 4.78 is 44.0. The van der Waals surface area contributed by atoms with Crippen molar-refractivity contribution in [1.82, 2.24) is 19.8 Å². The Morgan fingerprint density at radius 1 is 0.980 bits per heavy atom. The van der Waals surface area contributed by atoms with Gasteiger partial charge >= 0.3 is 6.18 Å². The molecule has 0 aliphatic rings. The Kier molecular flexibility index (Phi) is 11.4. The SMILES string of the molecule is CC[C@@H](CN(Cc1ccccc1C(F)(F)F)C(=S)Nc1ccccc1-c1ccccc1)NC(=O)Cc1cncn1Cc1ccc(C#N)cc1. The lowest BCUT2D eigenvalue weighted by molar-refractivity contribution is -0.138. The summed E-state index contributed by atoms with van der Waals surface area (Å²) in [5.74, 6) is -0.252. The molecule has 1 amide bonds. The van der Waals surface area contributed by atoms with Crippen LogP contribution >= 0.6 is 12.2 Å². The Morgan fingerprint density at radius 3 is 2.39 bits per heavy atom. The summed E-state index contributed by atoms with van der Waals surface area (Å²) in [4.78, 5) is 19.2. The number of thiocarbonyl (C=S) groups is 1. The first-order valence-corrected chi connectivity index (χ1v) is 16.2. The van der Waals surface area contributed by atoms with Crippen LogP contribution in [0.4, 0.5) is 18.9 Å². The quantitative estimate of drug-likeness (QED) is 0.131. The number of nitrogens with one attached hydrogen (secondary N) is 2. The van der Waals surface area contributed by atoms with Gasteiger partial charge in [-0.1, -0.05) is 85.8 Å². The number of rotatable bonds is 12. The number of hydrogen-bond acceptors (Lipinski definition) is 4. The molecule has 2 N–H and O–H groups in total. The van der Waals surface area contributed by atoms with Gasteiger partial charge in [0, 0.05) is 48.8 Å². The molecule has 0 aliphatic carbocycles. The maximum absolute atomic E-state index is 14.0. The molecular weight excluding hydrogens is 646 g/mol. The van der Waals surface area contributed by atoms with Gasteiger partial charge in [0.15, 0.2) is 5.11 Å². The molecule has 0 unspecified atom stereocenters. The number of hydrogen-bond donors (Lipinski definition) is 2. The van der Waals surface area contributed by atoms with Crippen molar-refractivity contribution in [3.63, 3.8) is 0 Å². The highest BCUT2D eigenvalue weighted by atomic mass is 32.1. The molecule has 11 heteroatoms. The first-order valence-electron chi connectivity index (χ1n) is 15.8. The van der Waals surface area contributed by atoms with E-state index in [1.807, 2.05) is 78.2 Å². The summed E-state index contributed by atoms with van der Waals surface area (Å²) in [6, 6.07) is 31.6. The average molecular weight is 681 g/mol. The molecule has 0 aliphatic heterocycles. The van der Waals surface area contributed by atoms with Crippen molar-refractivity contribution in [3.05, 3.63) is 144 Å². The van der Waals surface area contributed by atoms with Gasteiger partial charge in [0.2, 0.25) is 5.91 Å². The van der Waals surface area contributed by atoms with E-state index in [0.29, 0.717) is 29.9 Å². The number of nitriles is 1. The number of alkyl halides is 3. The number of benzene rings is 4.